The molecule has 0 aliphatic heterocycles. The van der Waals surface area contributed by atoms with Gasteiger partial charge in [0, 0.05) is 10.6 Å². The zero-order chi connectivity index (χ0) is 11.4. The van der Waals surface area contributed by atoms with Gasteiger partial charge in [0.05, 0.1) is 0 Å². The van der Waals surface area contributed by atoms with E-state index < -0.39 is 0 Å². The number of hydrogen-bond acceptors (Lipinski definition) is 2. The van der Waals surface area contributed by atoms with Crippen LogP contribution in [0.5, 0.6) is 0 Å². The predicted octanol–water partition coefficient (Wildman–Crippen LogP) is 3.85. The first-order valence-electron chi connectivity index (χ1n) is 5.19. The van der Waals surface area contributed by atoms with Gasteiger partial charge in [-0.25, -0.2) is 4.39 Å². The van der Waals surface area contributed by atoms with Crippen molar-refractivity contribution in [1.29, 1.82) is 0 Å². The molecule has 0 spiro atoms. The summed E-state index contributed by atoms with van der Waals surface area (Å²) in [4.78, 5) is 0.995. The Kier molecular flexibility index (Phi) is 4.45. The monoisotopic (exact) mass is 227 g/mol. The SMILES string of the molecule is Cc1cc(SCCC(C)C)c(N)cc1F. The summed E-state index contributed by atoms with van der Waals surface area (Å²) in [6, 6.07) is 3.24. The van der Waals surface area contributed by atoms with Crippen molar-refractivity contribution in [3.05, 3.63) is 23.5 Å². The van der Waals surface area contributed by atoms with Gasteiger partial charge >= 0.3 is 0 Å². The maximum atomic E-state index is 13.1. The third-order valence-electron chi connectivity index (χ3n) is 2.24. The molecule has 2 N–H and O–H groups in total. The Morgan fingerprint density at radius 2 is 2.07 bits per heavy atom. The molecule has 0 saturated heterocycles. The zero-order valence-corrected chi connectivity index (χ0v) is 10.3. The van der Waals surface area contributed by atoms with Gasteiger partial charge in [-0.15, -0.1) is 11.8 Å². The minimum atomic E-state index is -0.222. The molecule has 1 aromatic rings. The fourth-order valence-corrected chi connectivity index (χ4v) is 2.49. The smallest absolute Gasteiger partial charge is 0.128 e. The second kappa shape index (κ2) is 5.40. The van der Waals surface area contributed by atoms with E-state index in [0.717, 1.165) is 17.1 Å². The molecule has 3 heteroatoms. The lowest BCUT2D eigenvalue weighted by molar-refractivity contribution is 0.617. The van der Waals surface area contributed by atoms with E-state index in [0.29, 0.717) is 17.2 Å². The van der Waals surface area contributed by atoms with Crippen LogP contribution in [0.25, 0.3) is 0 Å². The van der Waals surface area contributed by atoms with E-state index >= 15 is 0 Å². The highest BCUT2D eigenvalue weighted by molar-refractivity contribution is 7.99. The molecule has 84 valence electrons. The number of anilines is 1. The Hall–Kier alpha value is -0.700. The molecule has 0 atom stereocenters. The fraction of sp³-hybridized carbons (Fsp3) is 0.500. The highest BCUT2D eigenvalue weighted by atomic mass is 32.2. The molecule has 0 heterocycles. The average Bonchev–Trinajstić information content (AvgIpc) is 2.13. The Bertz CT molecular complexity index is 337. The van der Waals surface area contributed by atoms with Crippen LogP contribution in [0.1, 0.15) is 25.8 Å². The van der Waals surface area contributed by atoms with Crippen molar-refractivity contribution in [2.45, 2.75) is 32.1 Å². The Balaban J connectivity index is 2.65. The van der Waals surface area contributed by atoms with Gasteiger partial charge in [0.1, 0.15) is 5.82 Å². The normalized spacial score (nSPS) is 11.0. The molecule has 0 aliphatic carbocycles. The lowest BCUT2D eigenvalue weighted by Crippen LogP contribution is -1.95. The number of hydrogen-bond donors (Lipinski definition) is 1. The molecule has 1 rings (SSSR count). The summed E-state index contributed by atoms with van der Waals surface area (Å²) in [6.45, 7) is 6.15. The Labute approximate surface area is 95.2 Å². The van der Waals surface area contributed by atoms with Crippen molar-refractivity contribution in [3.63, 3.8) is 0 Å². The van der Waals surface area contributed by atoms with E-state index in [1.165, 1.54) is 6.07 Å². The number of thioether (sulfide) groups is 1. The van der Waals surface area contributed by atoms with Gasteiger partial charge in [-0.1, -0.05) is 13.8 Å². The number of nitrogens with two attached hydrogens (primary N) is 1. The fourth-order valence-electron chi connectivity index (χ4n) is 1.20. The van der Waals surface area contributed by atoms with Crippen LogP contribution in [0.3, 0.4) is 0 Å². The van der Waals surface area contributed by atoms with Gasteiger partial charge < -0.3 is 5.73 Å². The third-order valence-corrected chi connectivity index (χ3v) is 3.35. The van der Waals surface area contributed by atoms with Crippen LogP contribution in [-0.4, -0.2) is 5.75 Å². The van der Waals surface area contributed by atoms with Crippen LogP contribution in [0.4, 0.5) is 10.1 Å². The molecule has 0 bridgehead atoms. The van der Waals surface area contributed by atoms with E-state index in [4.69, 9.17) is 5.73 Å². The maximum absolute atomic E-state index is 13.1. The highest BCUT2D eigenvalue weighted by Crippen LogP contribution is 2.28. The molecule has 15 heavy (non-hydrogen) atoms. The topological polar surface area (TPSA) is 26.0 Å². The Morgan fingerprint density at radius 1 is 1.40 bits per heavy atom. The van der Waals surface area contributed by atoms with Gasteiger partial charge in [0.2, 0.25) is 0 Å². The molecular weight excluding hydrogens is 209 g/mol. The number of benzene rings is 1. The van der Waals surface area contributed by atoms with Crippen LogP contribution in [0.15, 0.2) is 17.0 Å². The van der Waals surface area contributed by atoms with Gasteiger partial charge in [0.25, 0.3) is 0 Å². The minimum absolute atomic E-state index is 0.222. The van der Waals surface area contributed by atoms with E-state index in [9.17, 15) is 4.39 Å². The van der Waals surface area contributed by atoms with Crippen molar-refractivity contribution in [2.24, 2.45) is 5.92 Å². The summed E-state index contributed by atoms with van der Waals surface area (Å²) < 4.78 is 13.1. The second-order valence-electron chi connectivity index (χ2n) is 4.17. The zero-order valence-electron chi connectivity index (χ0n) is 9.51. The molecule has 0 fully saturated rings. The quantitative estimate of drug-likeness (QED) is 0.624. The van der Waals surface area contributed by atoms with E-state index in [1.807, 2.05) is 6.07 Å². The summed E-state index contributed by atoms with van der Waals surface area (Å²) in [5, 5.41) is 0. The number of nitrogen functional groups attached to an aromatic ring is 1. The molecule has 1 nitrogen and oxygen atoms in total. The molecular formula is C12H18FNS. The van der Waals surface area contributed by atoms with E-state index in [1.54, 1.807) is 18.7 Å². The summed E-state index contributed by atoms with van der Waals surface area (Å²) >= 11 is 1.71. The first-order chi connectivity index (χ1) is 7.00. The molecule has 0 saturated carbocycles. The summed E-state index contributed by atoms with van der Waals surface area (Å²) in [6.07, 6.45) is 1.15. The first kappa shape index (κ1) is 12.4. The van der Waals surface area contributed by atoms with Crippen LogP contribution in [-0.2, 0) is 0 Å². The van der Waals surface area contributed by atoms with Crippen molar-refractivity contribution < 1.29 is 4.39 Å². The largest absolute Gasteiger partial charge is 0.398 e. The number of halogens is 1. The first-order valence-corrected chi connectivity index (χ1v) is 6.17. The van der Waals surface area contributed by atoms with Crippen LogP contribution in [0, 0.1) is 18.7 Å². The van der Waals surface area contributed by atoms with E-state index in [2.05, 4.69) is 13.8 Å². The number of rotatable bonds is 4. The molecule has 0 radical (unpaired) electrons. The van der Waals surface area contributed by atoms with Crippen molar-refractivity contribution in [3.8, 4) is 0 Å². The van der Waals surface area contributed by atoms with Gasteiger partial charge in [-0.05, 0) is 42.7 Å². The van der Waals surface area contributed by atoms with Gasteiger partial charge in [0.15, 0.2) is 0 Å². The van der Waals surface area contributed by atoms with Crippen LogP contribution in [0.2, 0.25) is 0 Å². The molecule has 0 amide bonds. The minimum Gasteiger partial charge on any atom is -0.398 e. The van der Waals surface area contributed by atoms with E-state index in [-0.39, 0.29) is 5.82 Å². The van der Waals surface area contributed by atoms with Crippen molar-refractivity contribution in [1.82, 2.24) is 0 Å². The van der Waals surface area contributed by atoms with Gasteiger partial charge in [-0.2, -0.15) is 0 Å². The standard InChI is InChI=1S/C12H18FNS/c1-8(2)4-5-15-12-6-9(3)10(13)7-11(12)14/h6-8H,4-5,14H2,1-3H3. The lowest BCUT2D eigenvalue weighted by atomic mass is 10.2. The molecule has 1 aromatic carbocycles. The maximum Gasteiger partial charge on any atom is 0.128 e. The average molecular weight is 227 g/mol. The van der Waals surface area contributed by atoms with Crippen LogP contribution >= 0.6 is 11.8 Å². The molecule has 0 aromatic heterocycles. The molecule has 0 unspecified atom stereocenters. The van der Waals surface area contributed by atoms with Crippen LogP contribution < -0.4 is 5.73 Å². The van der Waals surface area contributed by atoms with Crippen molar-refractivity contribution in [2.75, 3.05) is 11.5 Å². The second-order valence-corrected chi connectivity index (χ2v) is 5.31. The third kappa shape index (κ3) is 3.74. The summed E-state index contributed by atoms with van der Waals surface area (Å²) in [5.74, 6) is 1.51. The molecule has 0 aliphatic rings. The Morgan fingerprint density at radius 3 is 2.67 bits per heavy atom. The summed E-state index contributed by atoms with van der Waals surface area (Å²) in [5.41, 5.74) is 6.96. The number of aryl methyl sites for hydroxylation is 1. The lowest BCUT2D eigenvalue weighted by Gasteiger charge is -2.08. The summed E-state index contributed by atoms with van der Waals surface area (Å²) in [7, 11) is 0. The van der Waals surface area contributed by atoms with Crippen molar-refractivity contribution >= 4 is 17.4 Å². The highest BCUT2D eigenvalue weighted by Gasteiger charge is 2.05. The predicted molar refractivity (Wildman–Crippen MR) is 65.7 cm³/mol. The van der Waals surface area contributed by atoms with Gasteiger partial charge in [-0.3, -0.25) is 0 Å².